The van der Waals surface area contributed by atoms with E-state index in [0.717, 1.165) is 31.9 Å². The highest BCUT2D eigenvalue weighted by Gasteiger charge is 2.21. The van der Waals surface area contributed by atoms with Gasteiger partial charge in [-0.2, -0.15) is 5.10 Å². The molecule has 1 aromatic rings. The van der Waals surface area contributed by atoms with Crippen LogP contribution in [0.4, 0.5) is 4.79 Å². The van der Waals surface area contributed by atoms with Crippen LogP contribution >= 0.6 is 0 Å². The van der Waals surface area contributed by atoms with Crippen LogP contribution in [0.3, 0.4) is 0 Å². The highest BCUT2D eigenvalue weighted by atomic mass is 16.2. The molecule has 100 valence electrons. The number of carbonyl (C=O) groups excluding carboxylic acids is 1. The van der Waals surface area contributed by atoms with Gasteiger partial charge in [-0.05, 0) is 31.5 Å². The maximum Gasteiger partial charge on any atom is 0.315 e. The summed E-state index contributed by atoms with van der Waals surface area (Å²) < 4.78 is 0. The van der Waals surface area contributed by atoms with Crippen LogP contribution in [0.5, 0.6) is 0 Å². The van der Waals surface area contributed by atoms with Crippen LogP contribution in [-0.4, -0.2) is 47.3 Å². The summed E-state index contributed by atoms with van der Waals surface area (Å²) >= 11 is 0. The third kappa shape index (κ3) is 3.73. The van der Waals surface area contributed by atoms with Gasteiger partial charge in [-0.3, -0.25) is 5.10 Å². The molecule has 1 atom stereocenters. The first kappa shape index (κ1) is 12.9. The van der Waals surface area contributed by atoms with Gasteiger partial charge < -0.3 is 15.5 Å². The molecule has 1 aliphatic heterocycles. The first-order chi connectivity index (χ1) is 8.78. The largest absolute Gasteiger partial charge is 0.338 e. The lowest BCUT2D eigenvalue weighted by molar-refractivity contribution is 0.238. The second-order valence-corrected chi connectivity index (χ2v) is 4.69. The Bertz CT molecular complexity index is 365. The van der Waals surface area contributed by atoms with Crippen LogP contribution in [0.15, 0.2) is 12.3 Å². The number of nitrogens with zero attached hydrogens (tertiary/aromatic N) is 2. The number of aromatic amines is 1. The third-order valence-electron chi connectivity index (χ3n) is 3.37. The molecule has 2 rings (SSSR count). The molecule has 1 aliphatic rings. The van der Waals surface area contributed by atoms with Crippen molar-refractivity contribution >= 4 is 6.03 Å². The first-order valence-corrected chi connectivity index (χ1v) is 6.50. The summed E-state index contributed by atoms with van der Waals surface area (Å²) in [6.45, 7) is 6.76. The zero-order valence-corrected chi connectivity index (χ0v) is 10.8. The summed E-state index contributed by atoms with van der Waals surface area (Å²) in [6, 6.07) is 1.73. The Morgan fingerprint density at radius 1 is 1.61 bits per heavy atom. The molecular formula is C12H21N5O. The lowest BCUT2D eigenvalue weighted by atomic mass is 10.1. The molecule has 1 saturated heterocycles. The maximum atomic E-state index is 11.6. The summed E-state index contributed by atoms with van der Waals surface area (Å²) in [5, 5.41) is 12.3. The van der Waals surface area contributed by atoms with Crippen molar-refractivity contribution in [1.82, 2.24) is 25.7 Å². The lowest BCUT2D eigenvalue weighted by Crippen LogP contribution is -2.38. The molecule has 0 bridgehead atoms. The Morgan fingerprint density at radius 2 is 2.50 bits per heavy atom. The fourth-order valence-electron chi connectivity index (χ4n) is 2.22. The Kier molecular flexibility index (Phi) is 4.58. The molecule has 1 unspecified atom stereocenters. The average molecular weight is 251 g/mol. The Balaban J connectivity index is 1.60. The number of amides is 2. The van der Waals surface area contributed by atoms with Crippen molar-refractivity contribution in [3.05, 3.63) is 18.0 Å². The summed E-state index contributed by atoms with van der Waals surface area (Å²) in [7, 11) is 0. The summed E-state index contributed by atoms with van der Waals surface area (Å²) in [5.74, 6) is 0.586. The molecule has 1 aromatic heterocycles. The van der Waals surface area contributed by atoms with Gasteiger partial charge in [-0.1, -0.05) is 6.92 Å². The van der Waals surface area contributed by atoms with Crippen LogP contribution in [0.25, 0.3) is 0 Å². The number of carbonyl (C=O) groups is 1. The molecule has 1 fully saturated rings. The van der Waals surface area contributed by atoms with Gasteiger partial charge >= 0.3 is 6.03 Å². The topological polar surface area (TPSA) is 73.1 Å². The molecule has 2 heterocycles. The molecule has 6 nitrogen and oxygen atoms in total. The minimum Gasteiger partial charge on any atom is -0.338 e. The van der Waals surface area contributed by atoms with Gasteiger partial charge in [0.25, 0.3) is 0 Å². The lowest BCUT2D eigenvalue weighted by Gasteiger charge is -2.14. The van der Waals surface area contributed by atoms with E-state index in [2.05, 4.69) is 32.7 Å². The van der Waals surface area contributed by atoms with E-state index in [1.165, 1.54) is 6.42 Å². The molecule has 18 heavy (non-hydrogen) atoms. The first-order valence-electron chi connectivity index (χ1n) is 6.50. The van der Waals surface area contributed by atoms with Crippen molar-refractivity contribution in [3.63, 3.8) is 0 Å². The molecule has 0 aliphatic carbocycles. The van der Waals surface area contributed by atoms with E-state index in [-0.39, 0.29) is 6.03 Å². The van der Waals surface area contributed by atoms with Crippen molar-refractivity contribution in [1.29, 1.82) is 0 Å². The normalized spacial score (nSPS) is 19.9. The van der Waals surface area contributed by atoms with Crippen LogP contribution in [-0.2, 0) is 6.54 Å². The maximum absolute atomic E-state index is 11.6. The SMILES string of the molecule is CCN1CCC(CNC(=O)NCc2ccn[nH]2)C1. The van der Waals surface area contributed by atoms with Crippen molar-refractivity contribution in [2.45, 2.75) is 19.9 Å². The third-order valence-corrected chi connectivity index (χ3v) is 3.37. The summed E-state index contributed by atoms with van der Waals surface area (Å²) in [5.41, 5.74) is 0.906. The molecule has 0 spiro atoms. The number of urea groups is 1. The molecule has 0 aromatic carbocycles. The van der Waals surface area contributed by atoms with Crippen molar-refractivity contribution in [3.8, 4) is 0 Å². The van der Waals surface area contributed by atoms with E-state index < -0.39 is 0 Å². The standard InChI is InChI=1S/C12H21N5O/c1-2-17-6-4-10(9-17)7-13-12(18)14-8-11-3-5-15-16-11/h3,5,10H,2,4,6-9H2,1H3,(H,15,16)(H2,13,14,18). The summed E-state index contributed by atoms with van der Waals surface area (Å²) in [4.78, 5) is 14.0. The van der Waals surface area contributed by atoms with E-state index in [4.69, 9.17) is 0 Å². The zero-order chi connectivity index (χ0) is 12.8. The molecule has 6 heteroatoms. The Hall–Kier alpha value is -1.56. The minimum atomic E-state index is -0.112. The predicted octanol–water partition coefficient (Wildman–Crippen LogP) is 0.551. The van der Waals surface area contributed by atoms with Gasteiger partial charge in [0, 0.05) is 19.3 Å². The number of aromatic nitrogens is 2. The van der Waals surface area contributed by atoms with Crippen LogP contribution < -0.4 is 10.6 Å². The van der Waals surface area contributed by atoms with E-state index in [1.807, 2.05) is 6.07 Å². The average Bonchev–Trinajstić information content (AvgIpc) is 3.04. The van der Waals surface area contributed by atoms with Crippen LogP contribution in [0.2, 0.25) is 0 Å². The molecular weight excluding hydrogens is 230 g/mol. The molecule has 3 N–H and O–H groups in total. The van der Waals surface area contributed by atoms with Gasteiger partial charge in [0.1, 0.15) is 0 Å². The fourth-order valence-corrected chi connectivity index (χ4v) is 2.22. The number of H-pyrrole nitrogens is 1. The van der Waals surface area contributed by atoms with Crippen LogP contribution in [0.1, 0.15) is 19.0 Å². The number of hydrogen-bond donors (Lipinski definition) is 3. The zero-order valence-electron chi connectivity index (χ0n) is 10.8. The van der Waals surface area contributed by atoms with E-state index in [9.17, 15) is 4.79 Å². The van der Waals surface area contributed by atoms with Crippen molar-refractivity contribution in [2.24, 2.45) is 5.92 Å². The van der Waals surface area contributed by atoms with Gasteiger partial charge in [-0.25, -0.2) is 4.79 Å². The highest BCUT2D eigenvalue weighted by molar-refractivity contribution is 5.73. The van der Waals surface area contributed by atoms with Gasteiger partial charge in [0.15, 0.2) is 0 Å². The number of rotatable bonds is 5. The number of likely N-dealkylation sites (tertiary alicyclic amines) is 1. The van der Waals surface area contributed by atoms with Crippen molar-refractivity contribution < 1.29 is 4.79 Å². The molecule has 0 saturated carbocycles. The highest BCUT2D eigenvalue weighted by Crippen LogP contribution is 2.14. The van der Waals surface area contributed by atoms with E-state index >= 15 is 0 Å². The Morgan fingerprint density at radius 3 is 3.17 bits per heavy atom. The number of hydrogen-bond acceptors (Lipinski definition) is 3. The van der Waals surface area contributed by atoms with Gasteiger partial charge in [0.2, 0.25) is 0 Å². The number of nitrogens with one attached hydrogen (secondary N) is 3. The minimum absolute atomic E-state index is 0.112. The van der Waals surface area contributed by atoms with Gasteiger partial charge in [0.05, 0.1) is 12.2 Å². The van der Waals surface area contributed by atoms with Crippen LogP contribution in [0, 0.1) is 5.92 Å². The molecule has 2 amide bonds. The Labute approximate surface area is 107 Å². The van der Waals surface area contributed by atoms with E-state index in [1.54, 1.807) is 6.20 Å². The smallest absolute Gasteiger partial charge is 0.315 e. The fraction of sp³-hybridized carbons (Fsp3) is 0.667. The van der Waals surface area contributed by atoms with Gasteiger partial charge in [-0.15, -0.1) is 0 Å². The second-order valence-electron chi connectivity index (χ2n) is 4.69. The van der Waals surface area contributed by atoms with E-state index in [0.29, 0.717) is 12.5 Å². The molecule has 0 radical (unpaired) electrons. The second kappa shape index (κ2) is 6.39. The quantitative estimate of drug-likeness (QED) is 0.715. The summed E-state index contributed by atoms with van der Waals surface area (Å²) in [6.07, 6.45) is 2.85. The predicted molar refractivity (Wildman–Crippen MR) is 69.0 cm³/mol. The monoisotopic (exact) mass is 251 g/mol. The van der Waals surface area contributed by atoms with Crippen molar-refractivity contribution in [2.75, 3.05) is 26.2 Å².